The summed E-state index contributed by atoms with van der Waals surface area (Å²) in [5, 5.41) is 14.4. The van der Waals surface area contributed by atoms with Crippen LogP contribution in [0.3, 0.4) is 0 Å². The number of ether oxygens (including phenoxy) is 1. The van der Waals surface area contributed by atoms with Crippen molar-refractivity contribution in [3.63, 3.8) is 0 Å². The lowest BCUT2D eigenvalue weighted by Gasteiger charge is -2.43. The summed E-state index contributed by atoms with van der Waals surface area (Å²) in [6, 6.07) is 9.04. The van der Waals surface area contributed by atoms with Crippen LogP contribution in [0.15, 0.2) is 24.3 Å². The molecule has 0 amide bonds. The van der Waals surface area contributed by atoms with E-state index in [0.29, 0.717) is 25.8 Å². The van der Waals surface area contributed by atoms with Crippen molar-refractivity contribution in [3.05, 3.63) is 35.4 Å². The highest BCUT2D eigenvalue weighted by Gasteiger charge is 2.38. The fourth-order valence-corrected chi connectivity index (χ4v) is 3.67. The third kappa shape index (κ3) is 3.15. The maximum atomic E-state index is 10.7. The van der Waals surface area contributed by atoms with Crippen LogP contribution in [0, 0.1) is 5.41 Å². The van der Waals surface area contributed by atoms with Gasteiger partial charge >= 0.3 is 0 Å². The topological polar surface area (TPSA) is 41.5 Å². The first-order chi connectivity index (χ1) is 10.0. The van der Waals surface area contributed by atoms with Gasteiger partial charge in [-0.1, -0.05) is 38.1 Å². The third-order valence-electron chi connectivity index (χ3n) is 5.25. The molecule has 116 valence electrons. The van der Waals surface area contributed by atoms with Crippen LogP contribution < -0.4 is 5.32 Å². The van der Waals surface area contributed by atoms with Crippen molar-refractivity contribution < 1.29 is 9.84 Å². The van der Waals surface area contributed by atoms with E-state index in [0.717, 1.165) is 19.3 Å². The Balaban J connectivity index is 1.76. The average molecular weight is 289 g/mol. The lowest BCUT2D eigenvalue weighted by molar-refractivity contribution is -0.0648. The Bertz CT molecular complexity index is 492. The van der Waals surface area contributed by atoms with Gasteiger partial charge in [-0.25, -0.2) is 0 Å². The lowest BCUT2D eigenvalue weighted by Crippen LogP contribution is -2.49. The maximum Gasteiger partial charge on any atom is 0.0815 e. The Morgan fingerprint density at radius 3 is 2.67 bits per heavy atom. The van der Waals surface area contributed by atoms with Crippen molar-refractivity contribution in [3.8, 4) is 0 Å². The molecule has 1 heterocycles. The van der Waals surface area contributed by atoms with Crippen molar-refractivity contribution in [2.24, 2.45) is 5.41 Å². The summed E-state index contributed by atoms with van der Waals surface area (Å²) in [4.78, 5) is 0. The van der Waals surface area contributed by atoms with Crippen LogP contribution in [-0.2, 0) is 11.2 Å². The van der Waals surface area contributed by atoms with E-state index >= 15 is 0 Å². The summed E-state index contributed by atoms with van der Waals surface area (Å²) >= 11 is 0. The molecule has 2 N–H and O–H groups in total. The second-order valence-electron chi connectivity index (χ2n) is 7.34. The highest BCUT2D eigenvalue weighted by atomic mass is 16.5. The summed E-state index contributed by atoms with van der Waals surface area (Å²) in [6.45, 7) is 6.65. The average Bonchev–Trinajstić information content (AvgIpc) is 2.46. The molecule has 1 aliphatic carbocycles. The number of fused-ring (bicyclic) bond motifs is 1. The molecule has 1 atom stereocenters. The molecule has 1 aliphatic heterocycles. The molecular formula is C18H27NO2. The van der Waals surface area contributed by atoms with Crippen molar-refractivity contribution in [2.75, 3.05) is 19.8 Å². The van der Waals surface area contributed by atoms with Crippen LogP contribution in [-0.4, -0.2) is 30.5 Å². The molecule has 3 rings (SSSR count). The van der Waals surface area contributed by atoms with E-state index in [2.05, 4.69) is 43.4 Å². The standard InChI is InChI=1S/C18H27NO2/c1-17(2)8-7-14-5-3-4-6-15(14)16(17)19-13-18(20)9-11-21-12-10-18/h3-6,16,19-20H,7-13H2,1-2H3. The maximum absolute atomic E-state index is 10.7. The van der Waals surface area contributed by atoms with Gasteiger partial charge in [0.25, 0.3) is 0 Å². The number of nitrogens with one attached hydrogen (secondary N) is 1. The normalized spacial score (nSPS) is 27.1. The summed E-state index contributed by atoms with van der Waals surface area (Å²) in [5.74, 6) is 0. The monoisotopic (exact) mass is 289 g/mol. The first-order valence-corrected chi connectivity index (χ1v) is 8.12. The highest BCUT2D eigenvalue weighted by molar-refractivity contribution is 5.34. The summed E-state index contributed by atoms with van der Waals surface area (Å²) in [5.41, 5.74) is 2.47. The van der Waals surface area contributed by atoms with E-state index in [-0.39, 0.29) is 5.41 Å². The van der Waals surface area contributed by atoms with Crippen LogP contribution in [0.25, 0.3) is 0 Å². The van der Waals surface area contributed by atoms with Gasteiger partial charge in [-0.05, 0) is 29.4 Å². The molecule has 21 heavy (non-hydrogen) atoms. The molecule has 3 heteroatoms. The van der Waals surface area contributed by atoms with Crippen molar-refractivity contribution in [1.29, 1.82) is 0 Å². The van der Waals surface area contributed by atoms with E-state index in [1.54, 1.807) is 0 Å². The number of hydrogen-bond donors (Lipinski definition) is 2. The first-order valence-electron chi connectivity index (χ1n) is 8.12. The van der Waals surface area contributed by atoms with Gasteiger partial charge in [0, 0.05) is 38.6 Å². The highest BCUT2D eigenvalue weighted by Crippen LogP contribution is 2.43. The Morgan fingerprint density at radius 2 is 1.90 bits per heavy atom. The molecule has 1 unspecified atom stereocenters. The van der Waals surface area contributed by atoms with Gasteiger partial charge in [-0.15, -0.1) is 0 Å². The number of aliphatic hydroxyl groups is 1. The Kier molecular flexibility index (Phi) is 4.08. The van der Waals surface area contributed by atoms with Gasteiger partial charge < -0.3 is 15.2 Å². The Hall–Kier alpha value is -0.900. The number of rotatable bonds is 3. The molecular weight excluding hydrogens is 262 g/mol. The van der Waals surface area contributed by atoms with Crippen LogP contribution in [0.1, 0.15) is 50.3 Å². The quantitative estimate of drug-likeness (QED) is 0.899. The van der Waals surface area contributed by atoms with Gasteiger partial charge in [0.2, 0.25) is 0 Å². The zero-order chi connectivity index (χ0) is 14.9. The predicted octanol–water partition coefficient (Wildman–Crippen LogP) is 2.83. The molecule has 0 radical (unpaired) electrons. The van der Waals surface area contributed by atoms with E-state index < -0.39 is 5.60 Å². The largest absolute Gasteiger partial charge is 0.388 e. The smallest absolute Gasteiger partial charge is 0.0815 e. The molecule has 0 aromatic heterocycles. The fraction of sp³-hybridized carbons (Fsp3) is 0.667. The molecule has 1 aromatic carbocycles. The molecule has 1 saturated heterocycles. The van der Waals surface area contributed by atoms with Gasteiger partial charge in [-0.3, -0.25) is 0 Å². The van der Waals surface area contributed by atoms with Crippen LogP contribution in [0.4, 0.5) is 0 Å². The van der Waals surface area contributed by atoms with E-state index in [9.17, 15) is 5.11 Å². The fourth-order valence-electron chi connectivity index (χ4n) is 3.67. The minimum Gasteiger partial charge on any atom is -0.388 e. The summed E-state index contributed by atoms with van der Waals surface area (Å²) < 4.78 is 5.37. The Labute approximate surface area is 127 Å². The van der Waals surface area contributed by atoms with Gasteiger partial charge in [-0.2, -0.15) is 0 Å². The first kappa shape index (κ1) is 15.0. The van der Waals surface area contributed by atoms with E-state index in [1.165, 1.54) is 17.5 Å². The summed E-state index contributed by atoms with van der Waals surface area (Å²) in [6.07, 6.45) is 3.80. The molecule has 0 spiro atoms. The zero-order valence-electron chi connectivity index (χ0n) is 13.2. The van der Waals surface area contributed by atoms with Crippen LogP contribution in [0.2, 0.25) is 0 Å². The van der Waals surface area contributed by atoms with Crippen molar-refractivity contribution in [2.45, 2.75) is 51.2 Å². The molecule has 0 bridgehead atoms. The van der Waals surface area contributed by atoms with E-state index in [1.807, 2.05) is 0 Å². The van der Waals surface area contributed by atoms with Gasteiger partial charge in [0.15, 0.2) is 0 Å². The molecule has 1 fully saturated rings. The zero-order valence-corrected chi connectivity index (χ0v) is 13.2. The predicted molar refractivity (Wildman–Crippen MR) is 84.3 cm³/mol. The molecule has 0 saturated carbocycles. The Morgan fingerprint density at radius 1 is 1.19 bits per heavy atom. The van der Waals surface area contributed by atoms with E-state index in [4.69, 9.17) is 4.74 Å². The molecule has 2 aliphatic rings. The minimum absolute atomic E-state index is 0.218. The SMILES string of the molecule is CC1(C)CCc2ccccc2C1NCC1(O)CCOCC1. The van der Waals surface area contributed by atoms with Crippen LogP contribution in [0.5, 0.6) is 0 Å². The number of hydrogen-bond acceptors (Lipinski definition) is 3. The molecule has 1 aromatic rings. The second kappa shape index (κ2) is 5.71. The number of benzene rings is 1. The van der Waals surface area contributed by atoms with Gasteiger partial charge in [0.05, 0.1) is 5.60 Å². The van der Waals surface area contributed by atoms with Crippen molar-refractivity contribution >= 4 is 0 Å². The minimum atomic E-state index is -0.610. The summed E-state index contributed by atoms with van der Waals surface area (Å²) in [7, 11) is 0. The second-order valence-corrected chi connectivity index (χ2v) is 7.34. The molecule has 3 nitrogen and oxygen atoms in total. The van der Waals surface area contributed by atoms with Crippen molar-refractivity contribution in [1.82, 2.24) is 5.32 Å². The van der Waals surface area contributed by atoms with Gasteiger partial charge in [0.1, 0.15) is 0 Å². The third-order valence-corrected chi connectivity index (χ3v) is 5.25. The van der Waals surface area contributed by atoms with Crippen LogP contribution >= 0.6 is 0 Å². The lowest BCUT2D eigenvalue weighted by atomic mass is 9.70. The number of aryl methyl sites for hydroxylation is 1.